The molecule has 8 heteroatoms. The van der Waals surface area contributed by atoms with Crippen molar-refractivity contribution in [3.05, 3.63) is 27.0 Å². The van der Waals surface area contributed by atoms with Gasteiger partial charge in [0, 0.05) is 12.1 Å². The van der Waals surface area contributed by atoms with Crippen LogP contribution in [0.3, 0.4) is 0 Å². The van der Waals surface area contributed by atoms with Crippen LogP contribution in [0, 0.1) is 0 Å². The molecule has 0 aliphatic heterocycles. The molecule has 96 valence electrons. The third-order valence-corrected chi connectivity index (χ3v) is 3.17. The van der Waals surface area contributed by atoms with Crippen LogP contribution in [0.1, 0.15) is 25.5 Å². The molecule has 0 saturated heterocycles. The number of halogens is 1. The summed E-state index contributed by atoms with van der Waals surface area (Å²) < 4.78 is 31.1. The van der Waals surface area contributed by atoms with Crippen molar-refractivity contribution in [2.75, 3.05) is 0 Å². The number of hydrogen-bond donors (Lipinski definition) is 2. The Balaban J connectivity index is 3.45. The lowest BCUT2D eigenvalue weighted by Crippen LogP contribution is -2.24. The fourth-order valence-electron chi connectivity index (χ4n) is 1.44. The minimum absolute atomic E-state index is 0.131. The van der Waals surface area contributed by atoms with E-state index in [1.165, 1.54) is 0 Å². The van der Waals surface area contributed by atoms with E-state index in [9.17, 15) is 18.3 Å². The number of pyridine rings is 1. The van der Waals surface area contributed by atoms with Gasteiger partial charge in [-0.1, -0.05) is 11.6 Å². The highest BCUT2D eigenvalue weighted by atomic mass is 35.5. The first kappa shape index (κ1) is 14.0. The highest BCUT2D eigenvalue weighted by Gasteiger charge is 2.18. The Kier molecular flexibility index (Phi) is 3.85. The molecule has 0 aromatic carbocycles. The standard InChI is InChI=1S/C9H12ClNO5S/c1-5(2)11-7(12)3-6(4-17(14,15)16)8(10)9(11)13/h3,5,12H,4H2,1-2H3,(H,14,15,16). The molecule has 17 heavy (non-hydrogen) atoms. The third kappa shape index (κ3) is 3.21. The van der Waals surface area contributed by atoms with Crippen molar-refractivity contribution in [2.45, 2.75) is 25.6 Å². The second-order valence-electron chi connectivity index (χ2n) is 3.84. The van der Waals surface area contributed by atoms with E-state index in [1.54, 1.807) is 13.8 Å². The minimum Gasteiger partial charge on any atom is -0.494 e. The lowest BCUT2D eigenvalue weighted by Gasteiger charge is -2.14. The smallest absolute Gasteiger partial charge is 0.272 e. The second-order valence-corrected chi connectivity index (χ2v) is 5.67. The monoisotopic (exact) mass is 281 g/mol. The van der Waals surface area contributed by atoms with Crippen LogP contribution < -0.4 is 5.56 Å². The Bertz CT molecular complexity index is 590. The molecule has 0 unspecified atom stereocenters. The maximum absolute atomic E-state index is 11.7. The molecule has 0 aliphatic rings. The van der Waals surface area contributed by atoms with Crippen molar-refractivity contribution in [1.82, 2.24) is 4.57 Å². The maximum Gasteiger partial charge on any atom is 0.272 e. The maximum atomic E-state index is 11.7. The van der Waals surface area contributed by atoms with Crippen molar-refractivity contribution < 1.29 is 18.1 Å². The summed E-state index contributed by atoms with van der Waals surface area (Å²) in [7, 11) is -4.31. The summed E-state index contributed by atoms with van der Waals surface area (Å²) in [6.45, 7) is 3.33. The first-order valence-electron chi connectivity index (χ1n) is 4.71. The predicted octanol–water partition coefficient (Wildman–Crippen LogP) is 1.18. The quantitative estimate of drug-likeness (QED) is 0.811. The first-order valence-corrected chi connectivity index (χ1v) is 6.70. The fourth-order valence-corrected chi connectivity index (χ4v) is 2.35. The molecule has 0 fully saturated rings. The first-order chi connectivity index (χ1) is 7.63. The van der Waals surface area contributed by atoms with Crippen LogP contribution in [0.15, 0.2) is 10.9 Å². The van der Waals surface area contributed by atoms with Gasteiger partial charge >= 0.3 is 0 Å². The van der Waals surface area contributed by atoms with Crippen LogP contribution in [0.2, 0.25) is 5.02 Å². The lowest BCUT2D eigenvalue weighted by molar-refractivity contribution is 0.387. The van der Waals surface area contributed by atoms with Crippen molar-refractivity contribution in [3.8, 4) is 5.88 Å². The number of aromatic nitrogens is 1. The number of hydrogen-bond acceptors (Lipinski definition) is 4. The summed E-state index contributed by atoms with van der Waals surface area (Å²) in [6, 6.07) is 0.733. The Morgan fingerprint density at radius 2 is 2.00 bits per heavy atom. The van der Waals surface area contributed by atoms with Gasteiger partial charge in [-0.05, 0) is 19.4 Å². The number of aromatic hydroxyl groups is 1. The molecule has 0 amide bonds. The molecule has 0 radical (unpaired) electrons. The highest BCUT2D eigenvalue weighted by Crippen LogP contribution is 2.21. The number of nitrogens with zero attached hydrogens (tertiary/aromatic N) is 1. The van der Waals surface area contributed by atoms with E-state index in [2.05, 4.69) is 0 Å². The van der Waals surface area contributed by atoms with Crippen LogP contribution in [-0.4, -0.2) is 22.6 Å². The average Bonchev–Trinajstić information content (AvgIpc) is 2.10. The molecular weight excluding hydrogens is 270 g/mol. The SMILES string of the molecule is CC(C)n1c(O)cc(CS(=O)(=O)O)c(Cl)c1=O. The Hall–Kier alpha value is -1.05. The van der Waals surface area contributed by atoms with E-state index in [-0.39, 0.29) is 16.6 Å². The van der Waals surface area contributed by atoms with Crippen LogP contribution in [0.25, 0.3) is 0 Å². The molecule has 0 bridgehead atoms. The summed E-state index contributed by atoms with van der Waals surface area (Å²) in [5, 5.41) is 9.27. The zero-order valence-electron chi connectivity index (χ0n) is 9.21. The van der Waals surface area contributed by atoms with Crippen molar-refractivity contribution in [1.29, 1.82) is 0 Å². The summed E-state index contributed by atoms with van der Waals surface area (Å²) in [5.41, 5.74) is -0.825. The zero-order valence-corrected chi connectivity index (χ0v) is 10.8. The van der Waals surface area contributed by atoms with Crippen molar-refractivity contribution in [2.24, 2.45) is 0 Å². The Morgan fingerprint density at radius 3 is 2.41 bits per heavy atom. The normalized spacial score (nSPS) is 12.1. The molecule has 2 N–H and O–H groups in total. The molecule has 1 aromatic rings. The van der Waals surface area contributed by atoms with Gasteiger partial charge in [0.15, 0.2) is 5.88 Å². The highest BCUT2D eigenvalue weighted by molar-refractivity contribution is 7.85. The molecule has 0 spiro atoms. The van der Waals surface area contributed by atoms with Gasteiger partial charge in [0.25, 0.3) is 15.7 Å². The summed E-state index contributed by atoms with van der Waals surface area (Å²) in [6.07, 6.45) is 0. The Morgan fingerprint density at radius 1 is 1.47 bits per heavy atom. The van der Waals surface area contributed by atoms with E-state index in [4.69, 9.17) is 16.2 Å². The molecule has 1 heterocycles. The van der Waals surface area contributed by atoms with Gasteiger partial charge in [0.05, 0.1) is 0 Å². The van der Waals surface area contributed by atoms with E-state index >= 15 is 0 Å². The van der Waals surface area contributed by atoms with Crippen LogP contribution in [-0.2, 0) is 15.9 Å². The van der Waals surface area contributed by atoms with Gasteiger partial charge in [-0.2, -0.15) is 8.42 Å². The van der Waals surface area contributed by atoms with E-state index in [0.717, 1.165) is 10.6 Å². The van der Waals surface area contributed by atoms with Gasteiger partial charge < -0.3 is 5.11 Å². The van der Waals surface area contributed by atoms with Crippen LogP contribution in [0.4, 0.5) is 0 Å². The number of rotatable bonds is 3. The van der Waals surface area contributed by atoms with Gasteiger partial charge in [-0.3, -0.25) is 13.9 Å². The molecular formula is C9H12ClNO5S. The summed E-state index contributed by atoms with van der Waals surface area (Å²) >= 11 is 5.70. The van der Waals surface area contributed by atoms with Gasteiger partial charge in [-0.25, -0.2) is 0 Å². The zero-order chi connectivity index (χ0) is 13.4. The van der Waals surface area contributed by atoms with E-state index in [0.29, 0.717) is 0 Å². The fraction of sp³-hybridized carbons (Fsp3) is 0.444. The van der Waals surface area contributed by atoms with E-state index < -0.39 is 27.3 Å². The molecule has 1 aromatic heterocycles. The van der Waals surface area contributed by atoms with Crippen LogP contribution in [0.5, 0.6) is 5.88 Å². The predicted molar refractivity (Wildman–Crippen MR) is 63.0 cm³/mol. The largest absolute Gasteiger partial charge is 0.494 e. The summed E-state index contributed by atoms with van der Waals surface area (Å²) in [4.78, 5) is 11.7. The molecule has 0 aliphatic carbocycles. The lowest BCUT2D eigenvalue weighted by atomic mass is 10.2. The van der Waals surface area contributed by atoms with Gasteiger partial charge in [0.2, 0.25) is 0 Å². The second kappa shape index (κ2) is 4.67. The average molecular weight is 282 g/mol. The molecule has 1 rings (SSSR count). The minimum atomic E-state index is -4.31. The Labute approximate surface area is 103 Å². The van der Waals surface area contributed by atoms with Crippen molar-refractivity contribution >= 4 is 21.7 Å². The molecule has 0 atom stereocenters. The summed E-state index contributed by atoms with van der Waals surface area (Å²) in [5.74, 6) is -1.21. The molecule has 6 nitrogen and oxygen atoms in total. The topological polar surface area (TPSA) is 96.6 Å². The van der Waals surface area contributed by atoms with Crippen molar-refractivity contribution in [3.63, 3.8) is 0 Å². The van der Waals surface area contributed by atoms with Crippen LogP contribution >= 0.6 is 11.6 Å². The molecule has 0 saturated carbocycles. The van der Waals surface area contributed by atoms with Gasteiger partial charge in [-0.15, -0.1) is 0 Å². The van der Waals surface area contributed by atoms with E-state index in [1.807, 2.05) is 0 Å². The third-order valence-electron chi connectivity index (χ3n) is 2.09. The van der Waals surface area contributed by atoms with Gasteiger partial charge in [0.1, 0.15) is 10.8 Å².